The number of pyridine rings is 1. The van der Waals surface area contributed by atoms with Crippen LogP contribution in [0.3, 0.4) is 0 Å². The van der Waals surface area contributed by atoms with Crippen molar-refractivity contribution in [3.8, 4) is 17.2 Å². The summed E-state index contributed by atoms with van der Waals surface area (Å²) in [6.07, 6.45) is 4.76. The van der Waals surface area contributed by atoms with Crippen LogP contribution in [0.15, 0.2) is 48.8 Å². The van der Waals surface area contributed by atoms with Gasteiger partial charge in [-0.1, -0.05) is 29.3 Å². The van der Waals surface area contributed by atoms with Crippen molar-refractivity contribution in [1.82, 2.24) is 9.88 Å². The lowest BCUT2D eigenvalue weighted by Gasteiger charge is -2.30. The highest BCUT2D eigenvalue weighted by Gasteiger charge is 2.28. The van der Waals surface area contributed by atoms with E-state index in [0.29, 0.717) is 56.5 Å². The van der Waals surface area contributed by atoms with Crippen LogP contribution in [0.5, 0.6) is 17.2 Å². The first-order valence-electron chi connectivity index (χ1n) is 15.6. The van der Waals surface area contributed by atoms with Crippen molar-refractivity contribution < 1.29 is 45.7 Å². The van der Waals surface area contributed by atoms with E-state index in [-0.39, 0.29) is 51.5 Å². The summed E-state index contributed by atoms with van der Waals surface area (Å²) in [5, 5.41) is 0.458. The van der Waals surface area contributed by atoms with Crippen LogP contribution in [-0.2, 0) is 25.9 Å². The highest BCUT2D eigenvalue weighted by atomic mass is 35.5. The van der Waals surface area contributed by atoms with Crippen LogP contribution >= 0.6 is 23.2 Å². The van der Waals surface area contributed by atoms with E-state index in [9.17, 15) is 22.0 Å². The number of anilines is 1. The monoisotopic (exact) mass is 743 g/mol. The quantitative estimate of drug-likeness (QED) is 0.161. The molecule has 0 bridgehead atoms. The largest absolute Gasteiger partial charge is 0.495 e. The maximum atomic E-state index is 13.9. The first-order valence-corrected chi connectivity index (χ1v) is 18.2. The van der Waals surface area contributed by atoms with Gasteiger partial charge in [-0.2, -0.15) is 8.78 Å². The van der Waals surface area contributed by atoms with Crippen molar-refractivity contribution in [3.05, 3.63) is 75.5 Å². The Labute approximate surface area is 294 Å². The summed E-state index contributed by atoms with van der Waals surface area (Å²) in [5.74, 6) is -0.348. The maximum absolute atomic E-state index is 13.9. The summed E-state index contributed by atoms with van der Waals surface area (Å²) in [5.41, 5.74) is 1.03. The van der Waals surface area contributed by atoms with Crippen LogP contribution in [0, 0.1) is 5.92 Å². The van der Waals surface area contributed by atoms with E-state index in [0.717, 1.165) is 19.1 Å². The average Bonchev–Trinajstić information content (AvgIpc) is 3.90. The number of ether oxygens (including phenoxy) is 5. The van der Waals surface area contributed by atoms with Gasteiger partial charge in [0.1, 0.15) is 11.9 Å². The van der Waals surface area contributed by atoms with Gasteiger partial charge in [0.15, 0.2) is 11.5 Å². The van der Waals surface area contributed by atoms with Crippen LogP contribution in [0.4, 0.5) is 14.5 Å². The minimum absolute atomic E-state index is 0.0128. The molecule has 2 aliphatic rings. The standard InChI is InChI=1S/C33H37Cl2F2N3O8S/c1-44-28-7-6-23(15-27(28)40(49(2,42)43)10-9-39-11-13-45-14-12-39)32(41)47-30(17-24-25(34)18-38-19-26(24)35)22-5-8-29(48-33(36)37)31(16-22)46-20-21-3-4-21/h5-8,15-16,18-19,21,30,33H,3-4,9-14,17,20H2,1-2H3/t30-/m0/s1. The maximum Gasteiger partial charge on any atom is 0.387 e. The van der Waals surface area contributed by atoms with Gasteiger partial charge in [0.25, 0.3) is 0 Å². The van der Waals surface area contributed by atoms with E-state index in [4.69, 9.17) is 46.9 Å². The summed E-state index contributed by atoms with van der Waals surface area (Å²) < 4.78 is 81.2. The Bertz CT molecular complexity index is 1710. The highest BCUT2D eigenvalue weighted by molar-refractivity contribution is 7.92. The number of methoxy groups -OCH3 is 1. The molecule has 0 amide bonds. The third-order valence-electron chi connectivity index (χ3n) is 8.12. The number of rotatable bonds is 16. The number of morpholine rings is 1. The summed E-state index contributed by atoms with van der Waals surface area (Å²) in [6, 6.07) is 8.64. The molecule has 11 nitrogen and oxygen atoms in total. The molecule has 0 unspecified atom stereocenters. The molecule has 16 heteroatoms. The second-order valence-corrected chi connectivity index (χ2v) is 14.4. The predicted octanol–water partition coefficient (Wildman–Crippen LogP) is 6.03. The van der Waals surface area contributed by atoms with E-state index < -0.39 is 28.7 Å². The molecule has 1 aliphatic carbocycles. The molecule has 1 saturated heterocycles. The second-order valence-electron chi connectivity index (χ2n) is 11.7. The number of hydrogen-bond acceptors (Lipinski definition) is 10. The SMILES string of the molecule is COc1ccc(C(=O)O[C@@H](Cc2c(Cl)cncc2Cl)c2ccc(OC(F)F)c(OCC3CC3)c2)cc1N(CCN1CCOCC1)S(C)(=O)=O. The number of alkyl halides is 2. The number of carbonyl (C=O) groups is 1. The number of nitrogens with zero attached hydrogens (tertiary/aromatic N) is 3. The van der Waals surface area contributed by atoms with Gasteiger partial charge in [-0.05, 0) is 60.2 Å². The highest BCUT2D eigenvalue weighted by Crippen LogP contribution is 2.39. The van der Waals surface area contributed by atoms with E-state index in [1.807, 2.05) is 0 Å². The molecule has 0 radical (unpaired) electrons. The topological polar surface area (TPSA) is 117 Å². The fraction of sp³-hybridized carbons (Fsp3) is 0.455. The van der Waals surface area contributed by atoms with Gasteiger partial charge in [0, 0.05) is 45.0 Å². The summed E-state index contributed by atoms with van der Waals surface area (Å²) in [6.45, 7) is 0.195. The first kappa shape index (κ1) is 36.8. The first-order chi connectivity index (χ1) is 23.4. The molecular weight excluding hydrogens is 707 g/mol. The number of hydrogen-bond donors (Lipinski definition) is 0. The minimum atomic E-state index is -3.81. The van der Waals surface area contributed by atoms with Gasteiger partial charge < -0.3 is 23.7 Å². The third-order valence-corrected chi connectivity index (χ3v) is 9.96. The van der Waals surface area contributed by atoms with E-state index in [1.54, 1.807) is 0 Å². The van der Waals surface area contributed by atoms with Gasteiger partial charge >= 0.3 is 12.6 Å². The lowest BCUT2D eigenvalue weighted by atomic mass is 10.0. The van der Waals surface area contributed by atoms with Crippen molar-refractivity contribution in [2.45, 2.75) is 32.0 Å². The molecule has 1 saturated carbocycles. The zero-order chi connectivity index (χ0) is 35.1. The number of halogens is 4. The average molecular weight is 745 g/mol. The fourth-order valence-electron chi connectivity index (χ4n) is 5.30. The molecule has 2 fully saturated rings. The van der Waals surface area contributed by atoms with Crippen LogP contribution < -0.4 is 18.5 Å². The molecule has 0 N–H and O–H groups in total. The van der Waals surface area contributed by atoms with Crippen LogP contribution in [-0.4, -0.2) is 90.2 Å². The Kier molecular flexibility index (Phi) is 12.4. The molecule has 3 aromatic rings. The number of benzene rings is 2. The molecule has 5 rings (SSSR count). The smallest absolute Gasteiger partial charge is 0.387 e. The van der Waals surface area contributed by atoms with Gasteiger partial charge in [-0.3, -0.25) is 14.2 Å². The number of sulfonamides is 1. The molecule has 49 heavy (non-hydrogen) atoms. The van der Waals surface area contributed by atoms with E-state index in [1.165, 1.54) is 60.2 Å². The van der Waals surface area contributed by atoms with Crippen LogP contribution in [0.1, 0.15) is 40.4 Å². The lowest BCUT2D eigenvalue weighted by Crippen LogP contribution is -2.43. The number of carbonyl (C=O) groups excluding carboxylic acids is 1. The van der Waals surface area contributed by atoms with E-state index in [2.05, 4.69) is 9.88 Å². The van der Waals surface area contributed by atoms with Crippen molar-refractivity contribution in [3.63, 3.8) is 0 Å². The molecule has 2 heterocycles. The molecule has 1 atom stereocenters. The molecule has 1 aromatic heterocycles. The normalized spacial score (nSPS) is 15.9. The van der Waals surface area contributed by atoms with Crippen molar-refractivity contribution in [1.29, 1.82) is 0 Å². The third kappa shape index (κ3) is 10.1. The Hall–Kier alpha value is -3.43. The Morgan fingerprint density at radius 2 is 1.76 bits per heavy atom. The summed E-state index contributed by atoms with van der Waals surface area (Å²) in [4.78, 5) is 19.9. The van der Waals surface area contributed by atoms with Gasteiger partial charge in [-0.15, -0.1) is 0 Å². The van der Waals surface area contributed by atoms with E-state index >= 15 is 0 Å². The van der Waals surface area contributed by atoms with Crippen LogP contribution in [0.25, 0.3) is 0 Å². The summed E-state index contributed by atoms with van der Waals surface area (Å²) in [7, 11) is -2.40. The van der Waals surface area contributed by atoms with Crippen LogP contribution in [0.2, 0.25) is 10.0 Å². The Morgan fingerprint density at radius 1 is 1.06 bits per heavy atom. The zero-order valence-corrected chi connectivity index (χ0v) is 29.3. The molecule has 0 spiro atoms. The summed E-state index contributed by atoms with van der Waals surface area (Å²) >= 11 is 12.9. The molecular formula is C33H37Cl2F2N3O8S. The number of esters is 1. The lowest BCUT2D eigenvalue weighted by molar-refractivity contribution is -0.0515. The Balaban J connectivity index is 1.47. The van der Waals surface area contributed by atoms with Gasteiger partial charge in [0.2, 0.25) is 10.0 Å². The van der Waals surface area contributed by atoms with Crippen molar-refractivity contribution in [2.75, 3.05) is 63.7 Å². The number of aromatic nitrogens is 1. The van der Waals surface area contributed by atoms with Gasteiger partial charge in [0.05, 0.1) is 54.5 Å². The van der Waals surface area contributed by atoms with Gasteiger partial charge in [-0.25, -0.2) is 13.2 Å². The van der Waals surface area contributed by atoms with Crippen molar-refractivity contribution >= 4 is 44.9 Å². The fourth-order valence-corrected chi connectivity index (χ4v) is 6.73. The molecule has 1 aliphatic heterocycles. The predicted molar refractivity (Wildman–Crippen MR) is 180 cm³/mol. The minimum Gasteiger partial charge on any atom is -0.495 e. The molecule has 266 valence electrons. The molecule has 2 aromatic carbocycles. The second kappa shape index (κ2) is 16.5. The Morgan fingerprint density at radius 3 is 2.39 bits per heavy atom. The zero-order valence-electron chi connectivity index (χ0n) is 26.9. The van der Waals surface area contributed by atoms with Crippen molar-refractivity contribution in [2.24, 2.45) is 5.92 Å².